The lowest BCUT2D eigenvalue weighted by Crippen LogP contribution is -2.16. The minimum Gasteiger partial charge on any atom is -0.396 e. The van der Waals surface area contributed by atoms with Gasteiger partial charge in [-0.1, -0.05) is 41.0 Å². The molecule has 0 aliphatic rings. The van der Waals surface area contributed by atoms with Gasteiger partial charge in [-0.3, -0.25) is 9.78 Å². The van der Waals surface area contributed by atoms with Crippen LogP contribution >= 0.6 is 0 Å². The molecule has 2 aromatic rings. The van der Waals surface area contributed by atoms with E-state index in [0.717, 1.165) is 36.1 Å². The van der Waals surface area contributed by atoms with Crippen molar-refractivity contribution in [1.82, 2.24) is 14.5 Å². The van der Waals surface area contributed by atoms with Gasteiger partial charge in [-0.05, 0) is 30.7 Å². The van der Waals surface area contributed by atoms with Crippen molar-refractivity contribution in [2.24, 2.45) is 18.9 Å². The lowest BCUT2D eigenvalue weighted by molar-refractivity contribution is 0.0972. The third-order valence-electron chi connectivity index (χ3n) is 5.19. The number of hydrogen-bond donors (Lipinski definition) is 1. The number of fused-ring (bicyclic) bond motifs is 1. The quantitative estimate of drug-likeness (QED) is 0.564. The molecule has 0 radical (unpaired) electrons. The monoisotopic (exact) mass is 359 g/mol. The van der Waals surface area contributed by atoms with E-state index in [1.165, 1.54) is 0 Å². The maximum absolute atomic E-state index is 12.5. The van der Waals surface area contributed by atoms with E-state index >= 15 is 0 Å². The molecule has 0 saturated heterocycles. The third kappa shape index (κ3) is 4.70. The van der Waals surface area contributed by atoms with Crippen LogP contribution in [0.15, 0.2) is 12.3 Å². The second-order valence-corrected chi connectivity index (χ2v) is 8.66. The van der Waals surface area contributed by atoms with Crippen molar-refractivity contribution in [1.29, 1.82) is 0 Å². The van der Waals surface area contributed by atoms with E-state index in [1.54, 1.807) is 6.20 Å². The van der Waals surface area contributed by atoms with Gasteiger partial charge in [0.1, 0.15) is 11.2 Å². The molecule has 0 saturated carbocycles. The van der Waals surface area contributed by atoms with Gasteiger partial charge in [0.25, 0.3) is 0 Å². The summed E-state index contributed by atoms with van der Waals surface area (Å²) < 4.78 is 2.04. The molecular formula is C21H33N3O2. The molecule has 2 heterocycles. The van der Waals surface area contributed by atoms with Gasteiger partial charge < -0.3 is 9.67 Å². The number of aromatic nitrogens is 3. The zero-order valence-electron chi connectivity index (χ0n) is 17.0. The number of carbonyl (C=O) groups excluding carboxylic acids is 1. The second-order valence-electron chi connectivity index (χ2n) is 8.66. The summed E-state index contributed by atoms with van der Waals surface area (Å²) in [7, 11) is 1.98. The van der Waals surface area contributed by atoms with Crippen LogP contribution in [-0.2, 0) is 12.5 Å². The molecule has 0 aliphatic carbocycles. The van der Waals surface area contributed by atoms with Gasteiger partial charge in [-0.2, -0.15) is 0 Å². The molecule has 5 nitrogen and oxygen atoms in total. The predicted molar refractivity (Wildman–Crippen MR) is 105 cm³/mol. The molecule has 0 aliphatic heterocycles. The number of unbranched alkanes of at least 4 members (excludes halogenated alkanes) is 1. The van der Waals surface area contributed by atoms with Crippen molar-refractivity contribution >= 4 is 16.9 Å². The highest BCUT2D eigenvalue weighted by Gasteiger charge is 2.21. The van der Waals surface area contributed by atoms with Crippen molar-refractivity contribution in [3.63, 3.8) is 0 Å². The van der Waals surface area contributed by atoms with Crippen molar-refractivity contribution in [2.75, 3.05) is 6.61 Å². The summed E-state index contributed by atoms with van der Waals surface area (Å²) in [6.07, 6.45) is 4.80. The Hall–Kier alpha value is -1.75. The number of aliphatic hydroxyl groups excluding tert-OH is 1. The topological polar surface area (TPSA) is 68.0 Å². The molecule has 2 aromatic heterocycles. The minimum absolute atomic E-state index is 0.000956. The van der Waals surface area contributed by atoms with Gasteiger partial charge >= 0.3 is 0 Å². The van der Waals surface area contributed by atoms with Crippen LogP contribution in [0.3, 0.4) is 0 Å². The van der Waals surface area contributed by atoms with E-state index in [1.807, 2.05) is 11.6 Å². The average molecular weight is 360 g/mol. The van der Waals surface area contributed by atoms with Crippen LogP contribution in [-0.4, -0.2) is 32.0 Å². The summed E-state index contributed by atoms with van der Waals surface area (Å²) >= 11 is 0. The van der Waals surface area contributed by atoms with Crippen molar-refractivity contribution < 1.29 is 9.90 Å². The number of aliphatic hydroxyl groups is 1. The van der Waals surface area contributed by atoms with Crippen LogP contribution in [0.25, 0.3) is 11.2 Å². The molecule has 1 atom stereocenters. The lowest BCUT2D eigenvalue weighted by atomic mass is 9.91. The first-order valence-corrected chi connectivity index (χ1v) is 9.62. The van der Waals surface area contributed by atoms with Crippen LogP contribution < -0.4 is 0 Å². The highest BCUT2D eigenvalue weighted by atomic mass is 16.3. The zero-order chi connectivity index (χ0) is 19.5. The molecule has 1 unspecified atom stereocenters. The maximum atomic E-state index is 12.5. The van der Waals surface area contributed by atoms with E-state index < -0.39 is 0 Å². The van der Waals surface area contributed by atoms with Crippen molar-refractivity contribution in [3.05, 3.63) is 23.7 Å². The van der Waals surface area contributed by atoms with Crippen molar-refractivity contribution in [3.8, 4) is 0 Å². The number of nitrogens with zero attached hydrogens (tertiary/aromatic N) is 3. The zero-order valence-corrected chi connectivity index (χ0v) is 17.0. The van der Waals surface area contributed by atoms with E-state index in [-0.39, 0.29) is 17.8 Å². The molecule has 0 spiro atoms. The molecule has 0 bridgehead atoms. The fourth-order valence-electron chi connectivity index (χ4n) is 3.39. The molecule has 26 heavy (non-hydrogen) atoms. The van der Waals surface area contributed by atoms with Gasteiger partial charge in [0.05, 0.1) is 6.20 Å². The van der Waals surface area contributed by atoms with E-state index in [2.05, 4.69) is 50.7 Å². The SMILES string of the molecule is CC(C)C(CO)CCCCC(=O)c1cnc2cc(C(C)(C)C)n(C)c2n1. The average Bonchev–Trinajstić information content (AvgIpc) is 2.91. The summed E-state index contributed by atoms with van der Waals surface area (Å²) in [4.78, 5) is 21.5. The fraction of sp³-hybridized carbons (Fsp3) is 0.667. The van der Waals surface area contributed by atoms with Crippen LogP contribution in [0.1, 0.15) is 76.5 Å². The van der Waals surface area contributed by atoms with Gasteiger partial charge in [0, 0.05) is 31.2 Å². The minimum atomic E-state index is 0.000956. The van der Waals surface area contributed by atoms with E-state index in [0.29, 0.717) is 24.0 Å². The van der Waals surface area contributed by atoms with Gasteiger partial charge in [0.2, 0.25) is 0 Å². The van der Waals surface area contributed by atoms with Gasteiger partial charge in [0.15, 0.2) is 11.4 Å². The largest absolute Gasteiger partial charge is 0.396 e. The van der Waals surface area contributed by atoms with Gasteiger partial charge in [-0.25, -0.2) is 4.98 Å². The number of carbonyl (C=O) groups is 1. The van der Waals surface area contributed by atoms with Crippen molar-refractivity contribution in [2.45, 2.75) is 65.7 Å². The summed E-state index contributed by atoms with van der Waals surface area (Å²) in [5.74, 6) is 0.835. The molecule has 0 aromatic carbocycles. The van der Waals surface area contributed by atoms with E-state index in [9.17, 15) is 9.90 Å². The first kappa shape index (κ1) is 20.6. The normalized spacial score (nSPS) is 13.5. The predicted octanol–water partition coefficient (Wildman–Crippen LogP) is 4.27. The number of Topliss-reactive ketones (excluding diaryl/α,β-unsaturated/α-hetero) is 1. The highest BCUT2D eigenvalue weighted by Crippen LogP contribution is 2.27. The lowest BCUT2D eigenvalue weighted by Gasteiger charge is -2.19. The van der Waals surface area contributed by atoms with Crippen LogP contribution in [0, 0.1) is 11.8 Å². The van der Waals surface area contributed by atoms with E-state index in [4.69, 9.17) is 0 Å². The van der Waals surface area contributed by atoms with Crippen LogP contribution in [0.5, 0.6) is 0 Å². The standard InChI is InChI=1S/C21H33N3O2/c1-14(2)15(13-25)9-7-8-10-18(26)17-12-22-16-11-19(21(3,4)5)24(6)20(16)23-17/h11-12,14-15,25H,7-10,13H2,1-6H3. The second kappa shape index (κ2) is 8.30. The number of hydrogen-bond acceptors (Lipinski definition) is 4. The molecular weight excluding hydrogens is 326 g/mol. The molecule has 0 amide bonds. The summed E-state index contributed by atoms with van der Waals surface area (Å²) in [6.45, 7) is 10.9. The summed E-state index contributed by atoms with van der Waals surface area (Å²) in [5.41, 5.74) is 3.20. The third-order valence-corrected chi connectivity index (χ3v) is 5.19. The van der Waals surface area contributed by atoms with Gasteiger partial charge in [-0.15, -0.1) is 0 Å². The molecule has 5 heteroatoms. The molecule has 2 rings (SSSR count). The Morgan fingerprint density at radius 2 is 1.96 bits per heavy atom. The number of ketones is 1. The smallest absolute Gasteiger partial charge is 0.182 e. The molecule has 1 N–H and O–H groups in total. The number of rotatable bonds is 8. The highest BCUT2D eigenvalue weighted by molar-refractivity contribution is 5.95. The van der Waals surface area contributed by atoms with Crippen LogP contribution in [0.2, 0.25) is 0 Å². The molecule has 0 fully saturated rings. The van der Waals surface area contributed by atoms with Crippen LogP contribution in [0.4, 0.5) is 0 Å². The number of aryl methyl sites for hydroxylation is 1. The maximum Gasteiger partial charge on any atom is 0.182 e. The molecule has 144 valence electrons. The Bertz CT molecular complexity index is 756. The first-order chi connectivity index (χ1) is 12.1. The fourth-order valence-corrected chi connectivity index (χ4v) is 3.39. The Morgan fingerprint density at radius 3 is 2.54 bits per heavy atom. The summed E-state index contributed by atoms with van der Waals surface area (Å²) in [6, 6.07) is 2.05. The summed E-state index contributed by atoms with van der Waals surface area (Å²) in [5, 5.41) is 9.38. The Morgan fingerprint density at radius 1 is 1.27 bits per heavy atom. The first-order valence-electron chi connectivity index (χ1n) is 9.62. The Balaban J connectivity index is 2.03. The Kier molecular flexibility index (Phi) is 6.56. The Labute approximate surface area is 156 Å².